The molecule has 0 bridgehead atoms. The lowest BCUT2D eigenvalue weighted by atomic mass is 10.2. The lowest BCUT2D eigenvalue weighted by Gasteiger charge is -2.31. The van der Waals surface area contributed by atoms with E-state index in [4.69, 9.17) is 27.9 Å². The fraction of sp³-hybridized carbons (Fsp3) is 0.312. The van der Waals surface area contributed by atoms with Crippen molar-refractivity contribution in [2.45, 2.75) is 5.16 Å². The number of morpholine rings is 1. The predicted molar refractivity (Wildman–Crippen MR) is 101 cm³/mol. The number of hydrogen-bond acceptors (Lipinski definition) is 6. The summed E-state index contributed by atoms with van der Waals surface area (Å²) in [5.74, 6) is -0.403. The topological polar surface area (TPSA) is 67.4 Å². The molecule has 3 rings (SSSR count). The highest BCUT2D eigenvalue weighted by Crippen LogP contribution is 2.35. The van der Waals surface area contributed by atoms with E-state index in [0.29, 0.717) is 42.2 Å². The van der Waals surface area contributed by atoms with E-state index in [-0.39, 0.29) is 10.7 Å². The van der Waals surface area contributed by atoms with Crippen LogP contribution in [0.1, 0.15) is 10.5 Å². The molecule has 0 atom stereocenters. The van der Waals surface area contributed by atoms with Gasteiger partial charge in [-0.1, -0.05) is 41.0 Å². The second-order valence-corrected chi connectivity index (χ2v) is 6.83. The quantitative estimate of drug-likeness (QED) is 0.626. The molecule has 1 amide bonds. The summed E-state index contributed by atoms with van der Waals surface area (Å²) in [6.45, 7) is 2.65. The number of amides is 1. The maximum atomic E-state index is 12.7. The molecular weight excluding hydrogens is 383 g/mol. The largest absolute Gasteiger partial charge is 0.378 e. The average molecular weight is 399 g/mol. The van der Waals surface area contributed by atoms with Crippen molar-refractivity contribution in [2.75, 3.05) is 42.8 Å². The van der Waals surface area contributed by atoms with Crippen LogP contribution >= 0.6 is 35.0 Å². The number of para-hydroxylation sites is 1. The van der Waals surface area contributed by atoms with Gasteiger partial charge in [-0.05, 0) is 18.4 Å². The standard InChI is InChI=1S/C16H16Cl2N4O2S/c1-25-16-19-9-11(18)13(21-16)15(23)20-12-4-2-3-10(17)14(12)22-5-7-24-8-6-22/h2-4,9H,5-8H2,1H3,(H,20,23). The van der Waals surface area contributed by atoms with Crippen LogP contribution in [0.25, 0.3) is 0 Å². The van der Waals surface area contributed by atoms with Crippen molar-refractivity contribution in [1.82, 2.24) is 9.97 Å². The number of nitrogens with zero attached hydrogens (tertiary/aromatic N) is 3. The van der Waals surface area contributed by atoms with Crippen LogP contribution in [0, 0.1) is 0 Å². The Morgan fingerprint density at radius 1 is 1.28 bits per heavy atom. The number of rotatable bonds is 4. The number of ether oxygens (including phenoxy) is 1. The third-order valence-corrected chi connectivity index (χ3v) is 4.83. The zero-order valence-corrected chi connectivity index (χ0v) is 15.8. The molecule has 2 heterocycles. The molecule has 0 unspecified atom stereocenters. The van der Waals surface area contributed by atoms with E-state index in [1.54, 1.807) is 18.2 Å². The Kier molecular flexibility index (Phi) is 6.01. The molecule has 1 aromatic heterocycles. The highest BCUT2D eigenvalue weighted by molar-refractivity contribution is 7.98. The third-order valence-electron chi connectivity index (χ3n) is 3.68. The number of thioether (sulfide) groups is 1. The molecule has 0 saturated carbocycles. The number of anilines is 2. The van der Waals surface area contributed by atoms with Crippen LogP contribution in [0.5, 0.6) is 0 Å². The fourth-order valence-electron chi connectivity index (χ4n) is 2.51. The Morgan fingerprint density at radius 3 is 2.76 bits per heavy atom. The summed E-state index contributed by atoms with van der Waals surface area (Å²) in [4.78, 5) is 23.0. The van der Waals surface area contributed by atoms with Crippen molar-refractivity contribution in [3.05, 3.63) is 40.1 Å². The highest BCUT2D eigenvalue weighted by Gasteiger charge is 2.21. The molecule has 1 N–H and O–H groups in total. The van der Waals surface area contributed by atoms with Crippen LogP contribution in [-0.4, -0.2) is 48.4 Å². The molecule has 132 valence electrons. The molecule has 2 aromatic rings. The first-order chi connectivity index (χ1) is 12.1. The number of aromatic nitrogens is 2. The number of carbonyl (C=O) groups excluding carboxylic acids is 1. The van der Waals surface area contributed by atoms with E-state index < -0.39 is 5.91 Å². The highest BCUT2D eigenvalue weighted by atomic mass is 35.5. The maximum Gasteiger partial charge on any atom is 0.276 e. The van der Waals surface area contributed by atoms with Gasteiger partial charge in [0.1, 0.15) is 0 Å². The van der Waals surface area contributed by atoms with Gasteiger partial charge in [0, 0.05) is 13.1 Å². The van der Waals surface area contributed by atoms with Crippen LogP contribution in [0.15, 0.2) is 29.6 Å². The van der Waals surface area contributed by atoms with Crippen molar-refractivity contribution < 1.29 is 9.53 Å². The van der Waals surface area contributed by atoms with Gasteiger partial charge in [0.2, 0.25) is 0 Å². The number of halogens is 2. The smallest absolute Gasteiger partial charge is 0.276 e. The molecule has 0 spiro atoms. The lowest BCUT2D eigenvalue weighted by molar-refractivity contribution is 0.102. The van der Waals surface area contributed by atoms with E-state index in [1.807, 2.05) is 6.26 Å². The summed E-state index contributed by atoms with van der Waals surface area (Å²) >= 11 is 13.8. The summed E-state index contributed by atoms with van der Waals surface area (Å²) in [7, 11) is 0. The number of benzene rings is 1. The number of hydrogen-bond donors (Lipinski definition) is 1. The Labute approximate surface area is 159 Å². The van der Waals surface area contributed by atoms with Crippen LogP contribution in [0.3, 0.4) is 0 Å². The van der Waals surface area contributed by atoms with Crippen LogP contribution < -0.4 is 10.2 Å². The first-order valence-electron chi connectivity index (χ1n) is 7.59. The Morgan fingerprint density at radius 2 is 2.04 bits per heavy atom. The molecule has 1 fully saturated rings. The first kappa shape index (κ1) is 18.3. The normalized spacial score (nSPS) is 14.4. The molecule has 1 aliphatic heterocycles. The van der Waals surface area contributed by atoms with E-state index in [1.165, 1.54) is 18.0 Å². The van der Waals surface area contributed by atoms with E-state index in [0.717, 1.165) is 5.69 Å². The summed E-state index contributed by atoms with van der Waals surface area (Å²) in [6.07, 6.45) is 3.26. The molecule has 6 nitrogen and oxygen atoms in total. The van der Waals surface area contributed by atoms with Gasteiger partial charge in [-0.15, -0.1) is 0 Å². The molecule has 0 radical (unpaired) electrons. The van der Waals surface area contributed by atoms with Gasteiger partial charge >= 0.3 is 0 Å². The zero-order valence-electron chi connectivity index (χ0n) is 13.5. The van der Waals surface area contributed by atoms with Gasteiger partial charge in [0.15, 0.2) is 10.9 Å². The molecule has 9 heteroatoms. The van der Waals surface area contributed by atoms with Gasteiger partial charge in [-0.25, -0.2) is 9.97 Å². The van der Waals surface area contributed by atoms with E-state index >= 15 is 0 Å². The van der Waals surface area contributed by atoms with Crippen LogP contribution in [0.2, 0.25) is 10.0 Å². The lowest BCUT2D eigenvalue weighted by Crippen LogP contribution is -2.37. The minimum atomic E-state index is -0.403. The summed E-state index contributed by atoms with van der Waals surface area (Å²) in [5.41, 5.74) is 1.52. The van der Waals surface area contributed by atoms with E-state index in [9.17, 15) is 4.79 Å². The Balaban J connectivity index is 1.90. The van der Waals surface area contributed by atoms with Crippen molar-refractivity contribution in [3.63, 3.8) is 0 Å². The Bertz CT molecular complexity index is 785. The minimum Gasteiger partial charge on any atom is -0.378 e. The molecule has 0 aliphatic carbocycles. The maximum absolute atomic E-state index is 12.7. The van der Waals surface area contributed by atoms with Crippen molar-refractivity contribution in [3.8, 4) is 0 Å². The first-order valence-corrected chi connectivity index (χ1v) is 9.57. The summed E-state index contributed by atoms with van der Waals surface area (Å²) in [6, 6.07) is 5.39. The number of nitrogens with one attached hydrogen (secondary N) is 1. The number of carbonyl (C=O) groups is 1. The van der Waals surface area contributed by atoms with E-state index in [2.05, 4.69) is 20.2 Å². The zero-order chi connectivity index (χ0) is 17.8. The average Bonchev–Trinajstić information content (AvgIpc) is 2.63. The van der Waals surface area contributed by atoms with Gasteiger partial charge in [0.25, 0.3) is 5.91 Å². The van der Waals surface area contributed by atoms with Crippen molar-refractivity contribution >= 4 is 52.2 Å². The minimum absolute atomic E-state index is 0.133. The Hall–Kier alpha value is -1.54. The third kappa shape index (κ3) is 4.17. The monoisotopic (exact) mass is 398 g/mol. The second-order valence-electron chi connectivity index (χ2n) is 5.24. The fourth-order valence-corrected chi connectivity index (χ4v) is 3.33. The molecule has 25 heavy (non-hydrogen) atoms. The van der Waals surface area contributed by atoms with Crippen LogP contribution in [-0.2, 0) is 4.74 Å². The van der Waals surface area contributed by atoms with Gasteiger partial charge in [0.05, 0.1) is 40.8 Å². The molecular formula is C16H16Cl2N4O2S. The molecule has 1 saturated heterocycles. The molecule has 1 aliphatic rings. The predicted octanol–water partition coefficient (Wildman–Crippen LogP) is 3.59. The molecule has 1 aromatic carbocycles. The summed E-state index contributed by atoms with van der Waals surface area (Å²) < 4.78 is 5.38. The summed E-state index contributed by atoms with van der Waals surface area (Å²) in [5, 5.41) is 4.12. The second kappa shape index (κ2) is 8.23. The van der Waals surface area contributed by atoms with Gasteiger partial charge < -0.3 is 15.0 Å². The van der Waals surface area contributed by atoms with Crippen molar-refractivity contribution in [1.29, 1.82) is 0 Å². The van der Waals surface area contributed by atoms with Gasteiger partial charge in [-0.3, -0.25) is 4.79 Å². The van der Waals surface area contributed by atoms with Crippen LogP contribution in [0.4, 0.5) is 11.4 Å². The SMILES string of the molecule is CSc1ncc(Cl)c(C(=O)Nc2cccc(Cl)c2N2CCOCC2)n1. The van der Waals surface area contributed by atoms with Gasteiger partial charge in [-0.2, -0.15) is 0 Å². The van der Waals surface area contributed by atoms with Crippen molar-refractivity contribution in [2.24, 2.45) is 0 Å².